The largest absolute Gasteiger partial charge is 0.481 e. The van der Waals surface area contributed by atoms with Crippen LogP contribution < -0.4 is 0 Å². The first kappa shape index (κ1) is 11.8. The highest BCUT2D eigenvalue weighted by molar-refractivity contribution is 7.12. The molecular formula is C12H11NO3S. The van der Waals surface area contributed by atoms with Crippen molar-refractivity contribution in [1.82, 2.24) is 4.98 Å². The zero-order chi connectivity index (χ0) is 12.3. The maximum absolute atomic E-state index is 10.8. The number of thiazole rings is 1. The van der Waals surface area contributed by atoms with Crippen molar-refractivity contribution in [1.29, 1.82) is 0 Å². The number of carboxylic acids is 1. The van der Waals surface area contributed by atoms with Crippen LogP contribution in [-0.4, -0.2) is 21.2 Å². The number of carboxylic acid groups (broad SMARTS) is 1. The molecule has 5 heteroatoms. The van der Waals surface area contributed by atoms with Gasteiger partial charge in [-0.15, -0.1) is 11.3 Å². The molecule has 88 valence electrons. The molecule has 0 fully saturated rings. The van der Waals surface area contributed by atoms with Crippen molar-refractivity contribution in [2.24, 2.45) is 0 Å². The number of aliphatic hydroxyl groups is 1. The fraction of sp³-hybridized carbons (Fsp3) is 0.167. The molecule has 0 aliphatic heterocycles. The summed E-state index contributed by atoms with van der Waals surface area (Å²) in [7, 11) is 0. The predicted molar refractivity (Wildman–Crippen MR) is 64.8 cm³/mol. The van der Waals surface area contributed by atoms with Crippen LogP contribution in [0.4, 0.5) is 0 Å². The number of carbonyl (C=O) groups is 1. The lowest BCUT2D eigenvalue weighted by Crippen LogP contribution is -1.99. The first-order valence-corrected chi connectivity index (χ1v) is 5.89. The molecule has 1 aromatic heterocycles. The van der Waals surface area contributed by atoms with Gasteiger partial charge in [0.1, 0.15) is 5.01 Å². The standard InChI is InChI=1S/C12H11NO3S/c14-7-10-13-12(8-4-2-1-3-5-8)9(17-10)6-11(15)16/h1-5,14H,6-7H2,(H,15,16). The summed E-state index contributed by atoms with van der Waals surface area (Å²) in [6, 6.07) is 9.39. The van der Waals surface area contributed by atoms with E-state index in [0.29, 0.717) is 15.6 Å². The Morgan fingerprint density at radius 1 is 1.29 bits per heavy atom. The molecule has 0 radical (unpaired) electrons. The molecular weight excluding hydrogens is 238 g/mol. The van der Waals surface area contributed by atoms with Crippen molar-refractivity contribution >= 4 is 17.3 Å². The van der Waals surface area contributed by atoms with Gasteiger partial charge in [0.15, 0.2) is 0 Å². The minimum Gasteiger partial charge on any atom is -0.481 e. The van der Waals surface area contributed by atoms with Crippen molar-refractivity contribution in [3.63, 3.8) is 0 Å². The van der Waals surface area contributed by atoms with E-state index in [0.717, 1.165) is 5.56 Å². The van der Waals surface area contributed by atoms with Crippen molar-refractivity contribution in [3.8, 4) is 11.3 Å². The number of aromatic nitrogens is 1. The highest BCUT2D eigenvalue weighted by Gasteiger charge is 2.14. The average molecular weight is 249 g/mol. The first-order valence-electron chi connectivity index (χ1n) is 5.07. The molecule has 0 aliphatic rings. The van der Waals surface area contributed by atoms with Gasteiger partial charge in [0.25, 0.3) is 0 Å². The molecule has 0 atom stereocenters. The Balaban J connectivity index is 2.44. The van der Waals surface area contributed by atoms with E-state index in [1.54, 1.807) is 0 Å². The summed E-state index contributed by atoms with van der Waals surface area (Å²) in [4.78, 5) is 15.7. The lowest BCUT2D eigenvalue weighted by Gasteiger charge is -1.99. The van der Waals surface area contributed by atoms with Gasteiger partial charge in [0.05, 0.1) is 18.7 Å². The number of aliphatic hydroxyl groups excluding tert-OH is 1. The van der Waals surface area contributed by atoms with Crippen molar-refractivity contribution in [3.05, 3.63) is 40.2 Å². The van der Waals surface area contributed by atoms with Crippen LogP contribution in [0.2, 0.25) is 0 Å². The monoisotopic (exact) mass is 249 g/mol. The molecule has 0 unspecified atom stereocenters. The molecule has 0 amide bonds. The Kier molecular flexibility index (Phi) is 3.51. The topological polar surface area (TPSA) is 70.4 Å². The molecule has 0 spiro atoms. The fourth-order valence-electron chi connectivity index (χ4n) is 1.55. The Morgan fingerprint density at radius 2 is 2.00 bits per heavy atom. The Labute approximate surface area is 102 Å². The summed E-state index contributed by atoms with van der Waals surface area (Å²) in [5, 5.41) is 18.4. The lowest BCUT2D eigenvalue weighted by molar-refractivity contribution is -0.136. The summed E-state index contributed by atoms with van der Waals surface area (Å²) in [6.07, 6.45) is -0.0676. The number of rotatable bonds is 4. The van der Waals surface area contributed by atoms with Gasteiger partial charge in [0.2, 0.25) is 0 Å². The van der Waals surface area contributed by atoms with E-state index < -0.39 is 5.97 Å². The van der Waals surface area contributed by atoms with Crippen LogP contribution in [0, 0.1) is 0 Å². The fourth-order valence-corrected chi connectivity index (χ4v) is 2.49. The van der Waals surface area contributed by atoms with E-state index in [2.05, 4.69) is 4.98 Å². The molecule has 2 aromatic rings. The molecule has 0 aliphatic carbocycles. The summed E-state index contributed by atoms with van der Waals surface area (Å²) < 4.78 is 0. The van der Waals surface area contributed by atoms with Crippen molar-refractivity contribution in [2.75, 3.05) is 0 Å². The summed E-state index contributed by atoms with van der Waals surface area (Å²) >= 11 is 1.24. The maximum atomic E-state index is 10.8. The second-order valence-electron chi connectivity index (χ2n) is 3.47. The predicted octanol–water partition coefficient (Wildman–Crippen LogP) is 1.93. The third-order valence-corrected chi connectivity index (χ3v) is 3.28. The molecule has 2 N–H and O–H groups in total. The van der Waals surface area contributed by atoms with E-state index in [4.69, 9.17) is 10.2 Å². The number of nitrogens with zero attached hydrogens (tertiary/aromatic N) is 1. The summed E-state index contributed by atoms with van der Waals surface area (Å²) in [6.45, 7) is -0.163. The minimum absolute atomic E-state index is 0.0676. The van der Waals surface area contributed by atoms with Crippen LogP contribution in [0.25, 0.3) is 11.3 Å². The van der Waals surface area contributed by atoms with Gasteiger partial charge in [-0.05, 0) is 0 Å². The highest BCUT2D eigenvalue weighted by atomic mass is 32.1. The lowest BCUT2D eigenvalue weighted by atomic mass is 10.1. The van der Waals surface area contributed by atoms with Gasteiger partial charge in [-0.1, -0.05) is 30.3 Å². The molecule has 0 saturated heterocycles. The van der Waals surface area contributed by atoms with Crippen LogP contribution in [0.1, 0.15) is 9.88 Å². The van der Waals surface area contributed by atoms with Crippen LogP contribution in [0.15, 0.2) is 30.3 Å². The van der Waals surface area contributed by atoms with Gasteiger partial charge >= 0.3 is 5.97 Å². The van der Waals surface area contributed by atoms with E-state index in [1.807, 2.05) is 30.3 Å². The molecule has 0 saturated carbocycles. The highest BCUT2D eigenvalue weighted by Crippen LogP contribution is 2.28. The van der Waals surface area contributed by atoms with E-state index in [-0.39, 0.29) is 13.0 Å². The molecule has 1 aromatic carbocycles. The zero-order valence-corrected chi connectivity index (χ0v) is 9.78. The van der Waals surface area contributed by atoms with Crippen LogP contribution >= 0.6 is 11.3 Å². The summed E-state index contributed by atoms with van der Waals surface area (Å²) in [5.41, 5.74) is 1.53. The Hall–Kier alpha value is -1.72. The van der Waals surface area contributed by atoms with Crippen LogP contribution in [-0.2, 0) is 17.8 Å². The number of hydrogen-bond acceptors (Lipinski definition) is 4. The molecule has 1 heterocycles. The minimum atomic E-state index is -0.893. The van der Waals surface area contributed by atoms with E-state index in [1.165, 1.54) is 11.3 Å². The number of benzene rings is 1. The van der Waals surface area contributed by atoms with Gasteiger partial charge in [-0.2, -0.15) is 0 Å². The van der Waals surface area contributed by atoms with Crippen molar-refractivity contribution in [2.45, 2.75) is 13.0 Å². The zero-order valence-electron chi connectivity index (χ0n) is 8.96. The van der Waals surface area contributed by atoms with Gasteiger partial charge in [-0.25, -0.2) is 4.98 Å². The van der Waals surface area contributed by atoms with E-state index in [9.17, 15) is 4.79 Å². The second-order valence-corrected chi connectivity index (χ2v) is 4.64. The van der Waals surface area contributed by atoms with Crippen LogP contribution in [0.5, 0.6) is 0 Å². The van der Waals surface area contributed by atoms with Crippen LogP contribution in [0.3, 0.4) is 0 Å². The Bertz CT molecular complexity index is 522. The van der Waals surface area contributed by atoms with Gasteiger partial charge in [0, 0.05) is 10.4 Å². The molecule has 17 heavy (non-hydrogen) atoms. The summed E-state index contributed by atoms with van der Waals surface area (Å²) in [5.74, 6) is -0.893. The normalized spacial score (nSPS) is 10.4. The quantitative estimate of drug-likeness (QED) is 0.868. The average Bonchev–Trinajstić information content (AvgIpc) is 2.72. The van der Waals surface area contributed by atoms with Crippen molar-refractivity contribution < 1.29 is 15.0 Å². The SMILES string of the molecule is O=C(O)Cc1sc(CO)nc1-c1ccccc1. The molecule has 2 rings (SSSR count). The molecule has 0 bridgehead atoms. The van der Waals surface area contributed by atoms with Gasteiger partial charge in [-0.3, -0.25) is 4.79 Å². The molecule has 4 nitrogen and oxygen atoms in total. The number of aliphatic carboxylic acids is 1. The third-order valence-electron chi connectivity index (χ3n) is 2.24. The van der Waals surface area contributed by atoms with E-state index >= 15 is 0 Å². The second kappa shape index (κ2) is 5.07. The number of hydrogen-bond donors (Lipinski definition) is 2. The van der Waals surface area contributed by atoms with Gasteiger partial charge < -0.3 is 10.2 Å². The third kappa shape index (κ3) is 2.69. The first-order chi connectivity index (χ1) is 8.20. The Morgan fingerprint density at radius 3 is 2.59 bits per heavy atom. The smallest absolute Gasteiger partial charge is 0.308 e. The maximum Gasteiger partial charge on any atom is 0.308 e.